The topological polar surface area (TPSA) is 114 Å². The molecule has 1 aliphatic heterocycles. The Morgan fingerprint density at radius 3 is 2.77 bits per heavy atom. The first-order chi connectivity index (χ1) is 12.5. The highest BCUT2D eigenvalue weighted by Gasteiger charge is 2.22. The van der Waals surface area contributed by atoms with Crippen LogP contribution < -0.4 is 10.0 Å². The summed E-state index contributed by atoms with van der Waals surface area (Å²) in [4.78, 5) is 15.7. The molecule has 1 aromatic heterocycles. The van der Waals surface area contributed by atoms with E-state index in [1.165, 1.54) is 12.1 Å². The number of rotatable bonds is 5. The lowest BCUT2D eigenvalue weighted by Crippen LogP contribution is -2.23. The molecule has 1 amide bonds. The number of amides is 1. The average Bonchev–Trinajstić information content (AvgIpc) is 3.25. The van der Waals surface area contributed by atoms with Crippen LogP contribution in [-0.2, 0) is 27.8 Å². The molecule has 9 heteroatoms. The first-order valence-electron chi connectivity index (χ1n) is 7.82. The van der Waals surface area contributed by atoms with E-state index in [9.17, 15) is 13.2 Å². The van der Waals surface area contributed by atoms with Crippen molar-refractivity contribution in [3.05, 3.63) is 60.0 Å². The van der Waals surface area contributed by atoms with E-state index in [1.807, 2.05) is 30.3 Å². The Balaban J connectivity index is 1.49. The molecule has 8 nitrogen and oxygen atoms in total. The molecule has 3 aromatic rings. The molecule has 1 aliphatic rings. The van der Waals surface area contributed by atoms with E-state index >= 15 is 0 Å². The summed E-state index contributed by atoms with van der Waals surface area (Å²) < 4.78 is 32.4. The highest BCUT2D eigenvalue weighted by Crippen LogP contribution is 2.25. The van der Waals surface area contributed by atoms with E-state index in [-0.39, 0.29) is 29.7 Å². The van der Waals surface area contributed by atoms with Gasteiger partial charge in [-0.3, -0.25) is 4.79 Å². The zero-order chi connectivity index (χ0) is 18.1. The highest BCUT2D eigenvalue weighted by molar-refractivity contribution is 7.89. The smallest absolute Gasteiger partial charge is 0.242 e. The van der Waals surface area contributed by atoms with Gasteiger partial charge in [0.05, 0.1) is 17.9 Å². The molecule has 0 radical (unpaired) electrons. The molecule has 0 aliphatic carbocycles. The zero-order valence-corrected chi connectivity index (χ0v) is 14.3. The average molecular weight is 370 g/mol. The minimum absolute atomic E-state index is 0.0792. The lowest BCUT2D eigenvalue weighted by Gasteiger charge is -2.06. The third-order valence-electron chi connectivity index (χ3n) is 3.93. The second-order valence-corrected chi connectivity index (χ2v) is 7.51. The minimum Gasteiger partial charge on any atom is -0.338 e. The SMILES string of the molecule is O=C1Cc2cc(S(=O)(=O)NCc3nc(-c4ccccc4)no3)ccc2N1. The fraction of sp³-hybridized carbons (Fsp3) is 0.118. The van der Waals surface area contributed by atoms with Crippen LogP contribution in [0.3, 0.4) is 0 Å². The number of hydrogen-bond donors (Lipinski definition) is 2. The summed E-state index contributed by atoms with van der Waals surface area (Å²) >= 11 is 0. The maximum atomic E-state index is 12.5. The summed E-state index contributed by atoms with van der Waals surface area (Å²) in [6, 6.07) is 13.7. The Morgan fingerprint density at radius 2 is 1.96 bits per heavy atom. The van der Waals surface area contributed by atoms with E-state index in [4.69, 9.17) is 4.52 Å². The van der Waals surface area contributed by atoms with Crippen molar-refractivity contribution in [3.8, 4) is 11.4 Å². The number of benzene rings is 2. The molecule has 4 rings (SSSR count). The van der Waals surface area contributed by atoms with Crippen molar-refractivity contribution in [1.29, 1.82) is 0 Å². The molecule has 0 saturated heterocycles. The van der Waals surface area contributed by atoms with E-state index in [0.717, 1.165) is 5.56 Å². The Bertz CT molecular complexity index is 1080. The number of hydrogen-bond acceptors (Lipinski definition) is 6. The second-order valence-electron chi connectivity index (χ2n) is 5.75. The number of sulfonamides is 1. The number of carbonyl (C=O) groups is 1. The van der Waals surface area contributed by atoms with Crippen molar-refractivity contribution in [2.75, 3.05) is 5.32 Å². The van der Waals surface area contributed by atoms with Crippen molar-refractivity contribution in [1.82, 2.24) is 14.9 Å². The third kappa shape index (κ3) is 3.22. The summed E-state index contributed by atoms with van der Waals surface area (Å²) in [5.74, 6) is 0.397. The molecular formula is C17H14N4O4S. The molecular weight excluding hydrogens is 356 g/mol. The maximum Gasteiger partial charge on any atom is 0.242 e. The van der Waals surface area contributed by atoms with Crippen LogP contribution in [0.25, 0.3) is 11.4 Å². The largest absolute Gasteiger partial charge is 0.338 e. The van der Waals surface area contributed by atoms with E-state index in [2.05, 4.69) is 20.2 Å². The van der Waals surface area contributed by atoms with Crippen molar-refractivity contribution in [3.63, 3.8) is 0 Å². The van der Waals surface area contributed by atoms with Crippen LogP contribution in [0.5, 0.6) is 0 Å². The molecule has 0 bridgehead atoms. The van der Waals surface area contributed by atoms with Crippen LogP contribution in [0.1, 0.15) is 11.5 Å². The molecule has 2 aromatic carbocycles. The van der Waals surface area contributed by atoms with Crippen LogP contribution in [0.2, 0.25) is 0 Å². The maximum absolute atomic E-state index is 12.5. The first kappa shape index (κ1) is 16.4. The summed E-state index contributed by atoms with van der Waals surface area (Å²) in [6.07, 6.45) is 0.169. The monoisotopic (exact) mass is 370 g/mol. The van der Waals surface area contributed by atoms with Crippen molar-refractivity contribution < 1.29 is 17.7 Å². The fourth-order valence-electron chi connectivity index (χ4n) is 2.64. The summed E-state index contributed by atoms with van der Waals surface area (Å²) in [6.45, 7) is -0.129. The summed E-state index contributed by atoms with van der Waals surface area (Å²) in [7, 11) is -3.77. The number of fused-ring (bicyclic) bond motifs is 1. The number of carbonyl (C=O) groups excluding carboxylic acids is 1. The Labute approximate surface area is 149 Å². The van der Waals surface area contributed by atoms with Gasteiger partial charge in [-0.15, -0.1) is 0 Å². The number of nitrogens with zero attached hydrogens (tertiary/aromatic N) is 2. The minimum atomic E-state index is -3.77. The van der Waals surface area contributed by atoms with E-state index < -0.39 is 10.0 Å². The molecule has 2 heterocycles. The molecule has 2 N–H and O–H groups in total. The van der Waals surface area contributed by atoms with Crippen LogP contribution in [0, 0.1) is 0 Å². The van der Waals surface area contributed by atoms with Gasteiger partial charge in [0.15, 0.2) is 0 Å². The Morgan fingerprint density at radius 1 is 1.15 bits per heavy atom. The second kappa shape index (κ2) is 6.36. The van der Waals surface area contributed by atoms with Crippen LogP contribution in [0.15, 0.2) is 57.9 Å². The summed E-state index contributed by atoms with van der Waals surface area (Å²) in [5, 5.41) is 6.51. The molecule has 0 spiro atoms. The number of aromatic nitrogens is 2. The van der Waals surface area contributed by atoms with Gasteiger partial charge in [-0.05, 0) is 23.8 Å². The van der Waals surface area contributed by atoms with Gasteiger partial charge in [-0.1, -0.05) is 35.5 Å². The molecule has 0 unspecified atom stereocenters. The van der Waals surface area contributed by atoms with Gasteiger partial charge in [0, 0.05) is 11.3 Å². The predicted molar refractivity (Wildman–Crippen MR) is 92.5 cm³/mol. The zero-order valence-electron chi connectivity index (χ0n) is 13.5. The van der Waals surface area contributed by atoms with Gasteiger partial charge in [0.1, 0.15) is 0 Å². The molecule has 132 valence electrons. The summed E-state index contributed by atoms with van der Waals surface area (Å²) in [5.41, 5.74) is 2.07. The quantitative estimate of drug-likeness (QED) is 0.707. The van der Waals surface area contributed by atoms with Gasteiger partial charge in [0.25, 0.3) is 0 Å². The Hall–Kier alpha value is -3.04. The van der Waals surface area contributed by atoms with Crippen LogP contribution >= 0.6 is 0 Å². The van der Waals surface area contributed by atoms with Gasteiger partial charge in [-0.2, -0.15) is 4.98 Å². The first-order valence-corrected chi connectivity index (χ1v) is 9.30. The highest BCUT2D eigenvalue weighted by atomic mass is 32.2. The van der Waals surface area contributed by atoms with Crippen molar-refractivity contribution in [2.24, 2.45) is 0 Å². The van der Waals surface area contributed by atoms with Gasteiger partial charge < -0.3 is 9.84 Å². The number of anilines is 1. The van der Waals surface area contributed by atoms with Gasteiger partial charge in [0.2, 0.25) is 27.6 Å². The van der Waals surface area contributed by atoms with Gasteiger partial charge in [-0.25, -0.2) is 13.1 Å². The van der Waals surface area contributed by atoms with Crippen molar-refractivity contribution in [2.45, 2.75) is 17.9 Å². The normalized spacial score (nSPS) is 13.5. The van der Waals surface area contributed by atoms with Crippen LogP contribution in [0.4, 0.5) is 5.69 Å². The number of nitrogens with one attached hydrogen (secondary N) is 2. The van der Waals surface area contributed by atoms with Crippen molar-refractivity contribution >= 4 is 21.6 Å². The lowest BCUT2D eigenvalue weighted by molar-refractivity contribution is -0.115. The van der Waals surface area contributed by atoms with Gasteiger partial charge >= 0.3 is 0 Å². The molecule has 26 heavy (non-hydrogen) atoms. The third-order valence-corrected chi connectivity index (χ3v) is 5.32. The Kier molecular flexibility index (Phi) is 4.02. The standard InChI is InChI=1S/C17H14N4O4S/c22-15-9-12-8-13(6-7-14(12)19-15)26(23,24)18-10-16-20-17(21-25-16)11-4-2-1-3-5-11/h1-8,18H,9-10H2,(H,19,22). The molecule has 0 fully saturated rings. The predicted octanol–water partition coefficient (Wildman–Crippen LogP) is 1.71. The molecule has 0 atom stereocenters. The van der Waals surface area contributed by atoms with E-state index in [1.54, 1.807) is 6.07 Å². The van der Waals surface area contributed by atoms with Crippen LogP contribution in [-0.4, -0.2) is 24.5 Å². The van der Waals surface area contributed by atoms with E-state index in [0.29, 0.717) is 17.1 Å². The molecule has 0 saturated carbocycles. The fourth-order valence-corrected chi connectivity index (χ4v) is 3.67. The lowest BCUT2D eigenvalue weighted by atomic mass is 10.2.